The smallest absolute Gasteiger partial charge is 0.185 e. The summed E-state index contributed by atoms with van der Waals surface area (Å²) in [6.07, 6.45) is 2.79. The fraction of sp³-hybridized carbons (Fsp3) is 0.478. The number of nitrogens with zero attached hydrogens (tertiary/aromatic N) is 3. The highest BCUT2D eigenvalue weighted by molar-refractivity contribution is 5.99. The third-order valence-electron chi connectivity index (χ3n) is 6.16. The number of hydrogen-bond donors (Lipinski definition) is 2. The number of rotatable bonds is 4. The quantitative estimate of drug-likeness (QED) is 0.794. The van der Waals surface area contributed by atoms with Crippen molar-refractivity contribution in [2.75, 3.05) is 13.1 Å². The third kappa shape index (κ3) is 3.33. The predicted molar refractivity (Wildman–Crippen MR) is 106 cm³/mol. The number of fused-ring (bicyclic) bond motifs is 1. The summed E-state index contributed by atoms with van der Waals surface area (Å²) in [6, 6.07) is 16.8. The van der Waals surface area contributed by atoms with Gasteiger partial charge in [0.25, 0.3) is 0 Å². The van der Waals surface area contributed by atoms with Gasteiger partial charge >= 0.3 is 0 Å². The fourth-order valence-electron chi connectivity index (χ4n) is 4.86. The Morgan fingerprint density at radius 3 is 2.43 bits per heavy atom. The first-order chi connectivity index (χ1) is 13.5. The molecule has 0 aromatic heterocycles. The highest BCUT2D eigenvalue weighted by Gasteiger charge is 2.57. The number of hydrogen-bond acceptors (Lipinski definition) is 4. The van der Waals surface area contributed by atoms with Crippen LogP contribution in [0.1, 0.15) is 25.8 Å². The second-order valence-electron chi connectivity index (χ2n) is 8.37. The number of benzene rings is 1. The van der Waals surface area contributed by atoms with E-state index in [-0.39, 0.29) is 17.5 Å². The highest BCUT2D eigenvalue weighted by atomic mass is 15.1. The van der Waals surface area contributed by atoms with Crippen molar-refractivity contribution < 1.29 is 4.90 Å². The number of nitrogens with one attached hydrogen (secondary N) is 2. The lowest BCUT2D eigenvalue weighted by Gasteiger charge is -2.46. The SMILES string of the molecule is CC(C)C[C@@H]1[C@@H]2C[NH+](Cc3ccccc3)CC=C2[C@@H](C#N)C(=N)C1(C#N)C#N. The summed E-state index contributed by atoms with van der Waals surface area (Å²) < 4.78 is 0. The van der Waals surface area contributed by atoms with Gasteiger partial charge in [-0.05, 0) is 24.0 Å². The van der Waals surface area contributed by atoms with E-state index in [1.807, 2.05) is 18.2 Å². The molecule has 0 radical (unpaired) electrons. The van der Waals surface area contributed by atoms with Gasteiger partial charge in [0.15, 0.2) is 5.41 Å². The molecule has 28 heavy (non-hydrogen) atoms. The first-order valence-electron chi connectivity index (χ1n) is 9.85. The Morgan fingerprint density at radius 1 is 1.18 bits per heavy atom. The zero-order valence-corrected chi connectivity index (χ0v) is 16.4. The van der Waals surface area contributed by atoms with Gasteiger partial charge in [-0.1, -0.05) is 44.2 Å². The zero-order valence-electron chi connectivity index (χ0n) is 16.4. The summed E-state index contributed by atoms with van der Waals surface area (Å²) in [5.74, 6) is -0.728. The van der Waals surface area contributed by atoms with E-state index >= 15 is 0 Å². The van der Waals surface area contributed by atoms with E-state index < -0.39 is 11.3 Å². The second-order valence-corrected chi connectivity index (χ2v) is 8.37. The predicted octanol–water partition coefficient (Wildman–Crippen LogP) is 2.50. The van der Waals surface area contributed by atoms with Crippen molar-refractivity contribution in [1.82, 2.24) is 0 Å². The van der Waals surface area contributed by atoms with Crippen molar-refractivity contribution in [1.29, 1.82) is 21.2 Å². The minimum absolute atomic E-state index is 0.0205. The van der Waals surface area contributed by atoms with E-state index in [0.29, 0.717) is 12.3 Å². The van der Waals surface area contributed by atoms with Crippen molar-refractivity contribution in [3.8, 4) is 18.2 Å². The van der Waals surface area contributed by atoms with Crippen LogP contribution in [0.3, 0.4) is 0 Å². The Balaban J connectivity index is 2.00. The van der Waals surface area contributed by atoms with Gasteiger partial charge in [0.05, 0.1) is 37.0 Å². The second kappa shape index (κ2) is 7.97. The van der Waals surface area contributed by atoms with E-state index in [1.54, 1.807) is 0 Å². The molecule has 1 aliphatic carbocycles. The molecular weight excluding hydrogens is 346 g/mol. The summed E-state index contributed by atoms with van der Waals surface area (Å²) in [5, 5.41) is 38.2. The van der Waals surface area contributed by atoms with Crippen molar-refractivity contribution in [2.24, 2.45) is 29.1 Å². The van der Waals surface area contributed by atoms with Crippen LogP contribution < -0.4 is 4.90 Å². The molecule has 0 amide bonds. The highest BCUT2D eigenvalue weighted by Crippen LogP contribution is 2.49. The molecular formula is C23H26N5+. The Morgan fingerprint density at radius 2 is 1.86 bits per heavy atom. The number of nitriles is 3. The molecule has 5 heteroatoms. The molecule has 2 aliphatic rings. The van der Waals surface area contributed by atoms with E-state index in [0.717, 1.165) is 25.2 Å². The molecule has 142 valence electrons. The van der Waals surface area contributed by atoms with Gasteiger partial charge < -0.3 is 10.3 Å². The van der Waals surface area contributed by atoms with Crippen LogP contribution in [0.5, 0.6) is 0 Å². The van der Waals surface area contributed by atoms with Gasteiger partial charge in [-0.3, -0.25) is 0 Å². The van der Waals surface area contributed by atoms with Gasteiger partial charge in [0, 0.05) is 17.4 Å². The molecule has 1 saturated carbocycles. The largest absolute Gasteiger partial charge is 0.327 e. The summed E-state index contributed by atoms with van der Waals surface area (Å²) in [5.41, 5.74) is 0.666. The molecule has 1 aromatic carbocycles. The van der Waals surface area contributed by atoms with Crippen molar-refractivity contribution >= 4 is 5.71 Å². The van der Waals surface area contributed by atoms with Gasteiger partial charge in [-0.2, -0.15) is 15.8 Å². The van der Waals surface area contributed by atoms with Crippen LogP contribution in [0.15, 0.2) is 42.0 Å². The molecule has 1 aliphatic heterocycles. The van der Waals surface area contributed by atoms with E-state index in [9.17, 15) is 15.8 Å². The van der Waals surface area contributed by atoms with Gasteiger partial charge in [-0.25, -0.2) is 0 Å². The van der Waals surface area contributed by atoms with Crippen LogP contribution in [-0.4, -0.2) is 18.8 Å². The van der Waals surface area contributed by atoms with Crippen LogP contribution in [0.25, 0.3) is 0 Å². The summed E-state index contributed by atoms with van der Waals surface area (Å²) in [4.78, 5) is 1.36. The molecule has 5 nitrogen and oxygen atoms in total. The maximum atomic E-state index is 9.95. The molecule has 1 heterocycles. The molecule has 0 spiro atoms. The molecule has 0 saturated heterocycles. The summed E-state index contributed by atoms with van der Waals surface area (Å²) in [6.45, 7) is 6.62. The third-order valence-corrected chi connectivity index (χ3v) is 6.16. The van der Waals surface area contributed by atoms with Gasteiger partial charge in [0.2, 0.25) is 0 Å². The summed E-state index contributed by atoms with van der Waals surface area (Å²) >= 11 is 0. The normalized spacial score (nSPS) is 28.4. The van der Waals surface area contributed by atoms with Crippen molar-refractivity contribution in [3.05, 3.63) is 47.5 Å². The van der Waals surface area contributed by atoms with E-state index in [1.165, 1.54) is 10.5 Å². The van der Waals surface area contributed by atoms with Gasteiger partial charge in [-0.15, -0.1) is 0 Å². The monoisotopic (exact) mass is 372 g/mol. The Labute approximate surface area is 167 Å². The zero-order chi connectivity index (χ0) is 20.3. The molecule has 1 aromatic rings. The minimum Gasteiger partial charge on any atom is -0.327 e. The van der Waals surface area contributed by atoms with E-state index in [2.05, 4.69) is 50.3 Å². The Hall–Kier alpha value is -2.94. The maximum absolute atomic E-state index is 9.95. The fourth-order valence-corrected chi connectivity index (χ4v) is 4.86. The topological polar surface area (TPSA) is 99.7 Å². The molecule has 0 bridgehead atoms. The van der Waals surface area contributed by atoms with Crippen LogP contribution >= 0.6 is 0 Å². The first-order valence-corrected chi connectivity index (χ1v) is 9.85. The molecule has 1 fully saturated rings. The molecule has 1 unspecified atom stereocenters. The first kappa shape index (κ1) is 19.8. The Bertz CT molecular complexity index is 880. The van der Waals surface area contributed by atoms with Crippen molar-refractivity contribution in [3.63, 3.8) is 0 Å². The maximum Gasteiger partial charge on any atom is 0.185 e. The van der Waals surface area contributed by atoms with Crippen LogP contribution in [0, 0.1) is 68.5 Å². The average Bonchev–Trinajstić information content (AvgIpc) is 2.70. The van der Waals surface area contributed by atoms with Crippen LogP contribution in [0.4, 0.5) is 0 Å². The standard InChI is InChI=1S/C23H25N5/c1-16(2)10-21-20-13-28(12-17-6-4-3-5-7-17)9-8-18(20)19(11-24)22(27)23(21,14-25)15-26/h3-8,16,19-21,27H,9-10,12-13H2,1-2H3/p+1/t19-,20-,21-/m1/s1. The van der Waals surface area contributed by atoms with E-state index in [4.69, 9.17) is 5.41 Å². The molecule has 4 atom stereocenters. The lowest BCUT2D eigenvalue weighted by Crippen LogP contribution is -3.12. The molecule has 2 N–H and O–H groups in total. The van der Waals surface area contributed by atoms with Crippen LogP contribution in [-0.2, 0) is 6.54 Å². The Kier molecular flexibility index (Phi) is 5.64. The summed E-state index contributed by atoms with van der Waals surface area (Å²) in [7, 11) is 0. The lowest BCUT2D eigenvalue weighted by molar-refractivity contribution is -0.913. The molecule has 3 rings (SSSR count). The van der Waals surface area contributed by atoms with Gasteiger partial charge in [0.1, 0.15) is 12.5 Å². The van der Waals surface area contributed by atoms with Crippen LogP contribution in [0.2, 0.25) is 0 Å². The minimum atomic E-state index is -1.51. The number of quaternary nitrogens is 1. The average molecular weight is 372 g/mol. The van der Waals surface area contributed by atoms with Crippen molar-refractivity contribution in [2.45, 2.75) is 26.8 Å². The lowest BCUT2D eigenvalue weighted by atomic mass is 9.54.